The maximum atomic E-state index is 11.0. The van der Waals surface area contributed by atoms with Gasteiger partial charge in [0.25, 0.3) is 5.69 Å². The summed E-state index contributed by atoms with van der Waals surface area (Å²) in [5.74, 6) is 0.351. The van der Waals surface area contributed by atoms with E-state index in [2.05, 4.69) is 6.07 Å². The third-order valence-corrected chi connectivity index (χ3v) is 5.41. The van der Waals surface area contributed by atoms with Crippen LogP contribution in [0.1, 0.15) is 40.7 Å². The van der Waals surface area contributed by atoms with Crippen LogP contribution in [0.15, 0.2) is 84.4 Å². The molecule has 0 fully saturated rings. The molecule has 1 heterocycles. The number of aryl methyl sites for hydroxylation is 1. The Morgan fingerprint density at radius 3 is 2.20 bits per heavy atom. The number of nitrogens with zero attached hydrogens (tertiary/aromatic N) is 2. The average Bonchev–Trinajstić information content (AvgIpc) is 2.79. The predicted octanol–water partition coefficient (Wildman–Crippen LogP) is 6.08. The number of hydrogen-bond acceptors (Lipinski definition) is 4. The summed E-state index contributed by atoms with van der Waals surface area (Å²) < 4.78 is 6.36. The molecule has 0 N–H and O–H groups in total. The standard InChI is InChI=1S/C25H20N2O3/c1-17-7-9-19(10-8-17)24-15-22(18-11-13-21(14-12-18)27(28)29)23(16-26)25(30-24)20-5-3-2-4-6-20/h2-14,22,24H,15H2,1H3/t22-,24-/m0/s1. The van der Waals surface area contributed by atoms with Gasteiger partial charge < -0.3 is 4.74 Å². The van der Waals surface area contributed by atoms with Crippen LogP contribution in [0.4, 0.5) is 5.69 Å². The number of nitriles is 1. The summed E-state index contributed by atoms with van der Waals surface area (Å²) in [6.07, 6.45) is 0.359. The van der Waals surface area contributed by atoms with E-state index >= 15 is 0 Å². The molecule has 0 bridgehead atoms. The van der Waals surface area contributed by atoms with Crippen molar-refractivity contribution < 1.29 is 9.66 Å². The molecule has 0 spiro atoms. The first-order valence-corrected chi connectivity index (χ1v) is 9.74. The van der Waals surface area contributed by atoms with Gasteiger partial charge in [0.2, 0.25) is 0 Å². The molecular formula is C25H20N2O3. The normalized spacial score (nSPS) is 18.4. The van der Waals surface area contributed by atoms with Crippen LogP contribution >= 0.6 is 0 Å². The zero-order valence-electron chi connectivity index (χ0n) is 16.5. The Hall–Kier alpha value is -3.91. The summed E-state index contributed by atoms with van der Waals surface area (Å²) >= 11 is 0. The van der Waals surface area contributed by atoms with Crippen molar-refractivity contribution in [3.05, 3.63) is 117 Å². The summed E-state index contributed by atoms with van der Waals surface area (Å²) in [5.41, 5.74) is 4.49. The number of non-ortho nitro benzene ring substituents is 1. The van der Waals surface area contributed by atoms with Gasteiger partial charge in [-0.3, -0.25) is 10.1 Å². The molecule has 4 rings (SSSR count). The van der Waals surface area contributed by atoms with Crippen LogP contribution in [-0.4, -0.2) is 4.92 Å². The second kappa shape index (κ2) is 8.22. The molecule has 3 aromatic rings. The molecular weight excluding hydrogens is 376 g/mol. The summed E-state index contributed by atoms with van der Waals surface area (Å²) in [7, 11) is 0. The van der Waals surface area contributed by atoms with Crippen molar-refractivity contribution >= 4 is 11.4 Å². The predicted molar refractivity (Wildman–Crippen MR) is 114 cm³/mol. The third-order valence-electron chi connectivity index (χ3n) is 5.41. The molecule has 0 radical (unpaired) electrons. The maximum Gasteiger partial charge on any atom is 0.269 e. The second-order valence-electron chi connectivity index (χ2n) is 7.37. The summed E-state index contributed by atoms with van der Waals surface area (Å²) in [6, 6.07) is 26.6. The van der Waals surface area contributed by atoms with Gasteiger partial charge in [0.15, 0.2) is 0 Å². The van der Waals surface area contributed by atoms with E-state index in [1.54, 1.807) is 12.1 Å². The van der Waals surface area contributed by atoms with Crippen molar-refractivity contribution in [2.45, 2.75) is 25.4 Å². The highest BCUT2D eigenvalue weighted by Gasteiger charge is 2.33. The SMILES string of the molecule is Cc1ccc([C@@H]2C[C@@H](c3ccc([N+](=O)[O-])cc3)C(C#N)=C(c3ccccc3)O2)cc1. The number of allylic oxidation sites excluding steroid dienone is 1. The Morgan fingerprint density at radius 2 is 1.60 bits per heavy atom. The Labute approximate surface area is 175 Å². The van der Waals surface area contributed by atoms with Crippen LogP contribution in [0, 0.1) is 28.4 Å². The van der Waals surface area contributed by atoms with Crippen LogP contribution in [0.2, 0.25) is 0 Å². The summed E-state index contributed by atoms with van der Waals surface area (Å²) in [4.78, 5) is 10.6. The lowest BCUT2D eigenvalue weighted by atomic mass is 9.81. The van der Waals surface area contributed by atoms with Crippen LogP contribution in [0.3, 0.4) is 0 Å². The quantitative estimate of drug-likeness (QED) is 0.395. The molecule has 148 valence electrons. The summed E-state index contributed by atoms with van der Waals surface area (Å²) in [5, 5.41) is 21.0. The first-order valence-electron chi connectivity index (χ1n) is 9.74. The molecule has 5 heteroatoms. The van der Waals surface area contributed by atoms with E-state index in [4.69, 9.17) is 4.74 Å². The molecule has 0 aromatic heterocycles. The molecule has 30 heavy (non-hydrogen) atoms. The zero-order chi connectivity index (χ0) is 21.1. The Kier molecular flexibility index (Phi) is 5.32. The fourth-order valence-electron chi connectivity index (χ4n) is 3.80. The number of hydrogen-bond donors (Lipinski definition) is 0. The van der Waals surface area contributed by atoms with Crippen LogP contribution in [0.25, 0.3) is 5.76 Å². The van der Waals surface area contributed by atoms with Gasteiger partial charge in [0, 0.05) is 30.0 Å². The molecule has 3 aromatic carbocycles. The highest BCUT2D eigenvalue weighted by molar-refractivity contribution is 5.70. The average molecular weight is 396 g/mol. The van der Waals surface area contributed by atoms with E-state index in [-0.39, 0.29) is 17.7 Å². The number of rotatable bonds is 4. The van der Waals surface area contributed by atoms with Crippen LogP contribution in [-0.2, 0) is 4.74 Å². The van der Waals surface area contributed by atoms with E-state index in [0.29, 0.717) is 17.8 Å². The minimum absolute atomic E-state index is 0.0339. The van der Waals surface area contributed by atoms with Gasteiger partial charge in [-0.15, -0.1) is 0 Å². The smallest absolute Gasteiger partial charge is 0.269 e. The largest absolute Gasteiger partial charge is 0.484 e. The fraction of sp³-hybridized carbons (Fsp3) is 0.160. The van der Waals surface area contributed by atoms with Gasteiger partial charge in [0.05, 0.1) is 16.6 Å². The number of nitro groups is 1. The van der Waals surface area contributed by atoms with Gasteiger partial charge in [-0.05, 0) is 18.1 Å². The Morgan fingerprint density at radius 1 is 0.967 bits per heavy atom. The van der Waals surface area contributed by atoms with Crippen LogP contribution in [0.5, 0.6) is 0 Å². The minimum Gasteiger partial charge on any atom is -0.484 e. The lowest BCUT2D eigenvalue weighted by Crippen LogP contribution is -2.19. The van der Waals surface area contributed by atoms with Crippen molar-refractivity contribution in [1.82, 2.24) is 0 Å². The molecule has 2 atom stereocenters. The van der Waals surface area contributed by atoms with Gasteiger partial charge in [0.1, 0.15) is 11.9 Å². The van der Waals surface area contributed by atoms with Crippen molar-refractivity contribution in [2.24, 2.45) is 0 Å². The molecule has 0 saturated heterocycles. The maximum absolute atomic E-state index is 11.0. The highest BCUT2D eigenvalue weighted by Crippen LogP contribution is 2.46. The fourth-order valence-corrected chi connectivity index (χ4v) is 3.80. The van der Waals surface area contributed by atoms with Crippen LogP contribution < -0.4 is 0 Å². The molecule has 1 aliphatic rings. The molecule has 0 aliphatic carbocycles. The van der Waals surface area contributed by atoms with E-state index in [0.717, 1.165) is 22.3 Å². The molecule has 1 aliphatic heterocycles. The number of ether oxygens (including phenoxy) is 1. The van der Waals surface area contributed by atoms with Gasteiger partial charge in [-0.2, -0.15) is 5.26 Å². The van der Waals surface area contributed by atoms with Crippen molar-refractivity contribution in [1.29, 1.82) is 5.26 Å². The number of nitro benzene ring substituents is 1. The molecule has 0 saturated carbocycles. The van der Waals surface area contributed by atoms with Gasteiger partial charge >= 0.3 is 0 Å². The molecule has 0 amide bonds. The van der Waals surface area contributed by atoms with E-state index in [1.165, 1.54) is 12.1 Å². The van der Waals surface area contributed by atoms with Gasteiger partial charge in [-0.25, -0.2) is 0 Å². The van der Waals surface area contributed by atoms with Crippen molar-refractivity contribution in [2.75, 3.05) is 0 Å². The first-order chi connectivity index (χ1) is 14.6. The monoisotopic (exact) mass is 396 g/mol. The topological polar surface area (TPSA) is 76.2 Å². The lowest BCUT2D eigenvalue weighted by molar-refractivity contribution is -0.384. The number of benzene rings is 3. The first kappa shape index (κ1) is 19.4. The third kappa shape index (κ3) is 3.81. The Bertz CT molecular complexity index is 1130. The Balaban J connectivity index is 1.81. The zero-order valence-corrected chi connectivity index (χ0v) is 16.5. The summed E-state index contributed by atoms with van der Waals surface area (Å²) in [6.45, 7) is 2.04. The minimum atomic E-state index is -0.417. The second-order valence-corrected chi connectivity index (χ2v) is 7.37. The van der Waals surface area contributed by atoms with E-state index < -0.39 is 4.92 Å². The lowest BCUT2D eigenvalue weighted by Gasteiger charge is -2.33. The molecule has 5 nitrogen and oxygen atoms in total. The van der Waals surface area contributed by atoms with E-state index in [9.17, 15) is 15.4 Å². The van der Waals surface area contributed by atoms with Crippen molar-refractivity contribution in [3.63, 3.8) is 0 Å². The van der Waals surface area contributed by atoms with E-state index in [1.807, 2.05) is 61.5 Å². The molecule has 0 unspecified atom stereocenters. The highest BCUT2D eigenvalue weighted by atomic mass is 16.6. The van der Waals surface area contributed by atoms with Crippen molar-refractivity contribution in [3.8, 4) is 6.07 Å². The van der Waals surface area contributed by atoms with Gasteiger partial charge in [-0.1, -0.05) is 72.3 Å².